The molecule has 0 bridgehead atoms. The highest BCUT2D eigenvalue weighted by Gasteiger charge is 2.20. The molecule has 64 valence electrons. The van der Waals surface area contributed by atoms with Crippen LogP contribution in [-0.4, -0.2) is 14.6 Å². The van der Waals surface area contributed by atoms with Gasteiger partial charge in [-0.1, -0.05) is 22.6 Å². The van der Waals surface area contributed by atoms with Crippen LogP contribution in [0.15, 0.2) is 32.1 Å². The predicted molar refractivity (Wildman–Crippen MR) is 57.0 cm³/mol. The molecule has 0 spiro atoms. The van der Waals surface area contributed by atoms with Gasteiger partial charge in [0, 0.05) is 11.6 Å². The molecule has 1 rings (SSSR count). The number of hydrogen-bond donors (Lipinski definition) is 1. The molecule has 0 aliphatic carbocycles. The van der Waals surface area contributed by atoms with Crippen molar-refractivity contribution in [2.75, 3.05) is 0 Å². The Labute approximate surface area is 84.4 Å². The van der Waals surface area contributed by atoms with E-state index in [1.54, 1.807) is 10.2 Å². The van der Waals surface area contributed by atoms with E-state index in [0.29, 0.717) is 5.57 Å². The molecule has 1 N–H and O–H groups in total. The van der Waals surface area contributed by atoms with Crippen molar-refractivity contribution in [2.24, 2.45) is 0 Å². The summed E-state index contributed by atoms with van der Waals surface area (Å²) in [5, 5.41) is 8.04. The first-order chi connectivity index (χ1) is 5.61. The zero-order chi connectivity index (χ0) is 9.19. The maximum atomic E-state index is 11.1. The number of sulfone groups is 1. The highest BCUT2D eigenvalue weighted by atomic mass is 127. The molecule has 0 aromatic carbocycles. The van der Waals surface area contributed by atoms with E-state index in [2.05, 4.69) is 0 Å². The molecule has 0 fully saturated rings. The van der Waals surface area contributed by atoms with Gasteiger partial charge in [0.2, 0.25) is 9.84 Å². The molecule has 0 aromatic rings. The Bertz CT molecular complexity index is 390. The van der Waals surface area contributed by atoms with Crippen LogP contribution in [0.1, 0.15) is 0 Å². The summed E-state index contributed by atoms with van der Waals surface area (Å²) in [7, 11) is -3.31. The number of nitrogens with one attached hydrogen (secondary N) is 1. The first-order valence-electron chi connectivity index (χ1n) is 3.06. The van der Waals surface area contributed by atoms with Gasteiger partial charge in [0.05, 0.1) is 4.91 Å². The molecule has 0 saturated heterocycles. The molecule has 0 aromatic heterocycles. The monoisotopic (exact) mass is 295 g/mol. The van der Waals surface area contributed by atoms with Crippen LogP contribution in [0.2, 0.25) is 0 Å². The van der Waals surface area contributed by atoms with Gasteiger partial charge in [-0.05, 0) is 21.8 Å². The largest absolute Gasteiger partial charge is 0.307 e. The summed E-state index contributed by atoms with van der Waals surface area (Å²) in [4.78, 5) is 0.0652. The third-order valence-electron chi connectivity index (χ3n) is 1.39. The smallest absolute Gasteiger partial charge is 0.201 e. The second kappa shape index (κ2) is 3.53. The van der Waals surface area contributed by atoms with Crippen LogP contribution >= 0.6 is 22.6 Å². The summed E-state index contributed by atoms with van der Waals surface area (Å²) in [6.45, 7) is 0. The van der Waals surface area contributed by atoms with Crippen LogP contribution in [-0.2, 0) is 9.84 Å². The lowest BCUT2D eigenvalue weighted by Crippen LogP contribution is -1.97. The van der Waals surface area contributed by atoms with E-state index in [0.717, 1.165) is 11.6 Å². The molecule has 5 heteroatoms. The van der Waals surface area contributed by atoms with Crippen molar-refractivity contribution >= 4 is 38.6 Å². The number of hydrogen-bond acceptors (Lipinski definition) is 3. The maximum Gasteiger partial charge on any atom is 0.201 e. The lowest BCUT2D eigenvalue weighted by Gasteiger charge is -1.93. The number of halogens is 1. The fourth-order valence-electron chi connectivity index (χ4n) is 0.854. The highest BCUT2D eigenvalue weighted by Crippen LogP contribution is 2.22. The van der Waals surface area contributed by atoms with E-state index in [-0.39, 0.29) is 4.91 Å². The van der Waals surface area contributed by atoms with Crippen molar-refractivity contribution in [3.05, 3.63) is 32.1 Å². The Balaban J connectivity index is 3.30. The van der Waals surface area contributed by atoms with Crippen LogP contribution in [0.4, 0.5) is 0 Å². The molecule has 1 heterocycles. The average Bonchev–Trinajstić information content (AvgIpc) is 2.27. The molecule has 1 aliphatic heterocycles. The standard InChI is InChI=1S/C7H6INO2S/c8-3-1-6-2-4-12(10,11)7(6)5-9/h1-5,9H/b3-1-,9-5?. The highest BCUT2D eigenvalue weighted by molar-refractivity contribution is 14.1. The number of rotatable bonds is 2. The van der Waals surface area contributed by atoms with Crippen LogP contribution in [0.25, 0.3) is 0 Å². The molecule has 1 aliphatic rings. The normalized spacial score (nSPS) is 20.8. The van der Waals surface area contributed by atoms with Crippen LogP contribution in [0.3, 0.4) is 0 Å². The molecule has 0 radical (unpaired) electrons. The molecular weight excluding hydrogens is 289 g/mol. The minimum atomic E-state index is -3.31. The van der Waals surface area contributed by atoms with E-state index in [9.17, 15) is 8.42 Å². The summed E-state index contributed by atoms with van der Waals surface area (Å²) in [6.07, 6.45) is 4.01. The van der Waals surface area contributed by atoms with Gasteiger partial charge in [-0.3, -0.25) is 0 Å². The fraction of sp³-hybridized carbons (Fsp3) is 0. The van der Waals surface area contributed by atoms with Crippen LogP contribution in [0, 0.1) is 5.41 Å². The first kappa shape index (κ1) is 9.66. The van der Waals surface area contributed by atoms with Crippen LogP contribution < -0.4 is 0 Å². The Hall–Kier alpha value is -0.430. The van der Waals surface area contributed by atoms with Crippen molar-refractivity contribution in [1.29, 1.82) is 5.41 Å². The van der Waals surface area contributed by atoms with Crippen molar-refractivity contribution in [3.63, 3.8) is 0 Å². The molecule has 0 saturated carbocycles. The van der Waals surface area contributed by atoms with E-state index in [4.69, 9.17) is 5.41 Å². The van der Waals surface area contributed by atoms with E-state index in [1.807, 2.05) is 22.6 Å². The third-order valence-corrected chi connectivity index (χ3v) is 3.21. The third kappa shape index (κ3) is 1.66. The molecule has 12 heavy (non-hydrogen) atoms. The van der Waals surface area contributed by atoms with Crippen LogP contribution in [0.5, 0.6) is 0 Å². The lowest BCUT2D eigenvalue weighted by molar-refractivity contribution is 0.612. The van der Waals surface area contributed by atoms with Gasteiger partial charge in [-0.25, -0.2) is 8.42 Å². The second-order valence-electron chi connectivity index (χ2n) is 2.10. The lowest BCUT2D eigenvalue weighted by atomic mass is 10.2. The molecule has 0 amide bonds. The van der Waals surface area contributed by atoms with Crippen molar-refractivity contribution in [1.82, 2.24) is 0 Å². The topological polar surface area (TPSA) is 58.0 Å². The predicted octanol–water partition coefficient (Wildman–Crippen LogP) is 1.78. The van der Waals surface area contributed by atoms with Crippen molar-refractivity contribution in [3.8, 4) is 0 Å². The van der Waals surface area contributed by atoms with Gasteiger partial charge >= 0.3 is 0 Å². The van der Waals surface area contributed by atoms with Crippen molar-refractivity contribution in [2.45, 2.75) is 0 Å². The molecule has 3 nitrogen and oxygen atoms in total. The van der Waals surface area contributed by atoms with Crippen molar-refractivity contribution < 1.29 is 8.42 Å². The molecule has 0 unspecified atom stereocenters. The Morgan fingerprint density at radius 3 is 2.67 bits per heavy atom. The zero-order valence-corrected chi connectivity index (χ0v) is 8.96. The number of allylic oxidation sites excluding steroid dienone is 4. The molecule has 0 atom stereocenters. The summed E-state index contributed by atoms with van der Waals surface area (Å²) >= 11 is 2.00. The van der Waals surface area contributed by atoms with E-state index < -0.39 is 9.84 Å². The van der Waals surface area contributed by atoms with E-state index >= 15 is 0 Å². The maximum absolute atomic E-state index is 11.1. The second-order valence-corrected chi connectivity index (χ2v) is 4.63. The van der Waals surface area contributed by atoms with Gasteiger partial charge < -0.3 is 5.41 Å². The Morgan fingerprint density at radius 1 is 1.50 bits per heavy atom. The summed E-state index contributed by atoms with van der Waals surface area (Å²) in [5.41, 5.74) is 0.569. The zero-order valence-electron chi connectivity index (χ0n) is 5.99. The SMILES string of the molecule is N=CC1=C(/C=C\I)C=CS1(=O)=O. The van der Waals surface area contributed by atoms with Gasteiger partial charge in [-0.15, -0.1) is 0 Å². The first-order valence-corrected chi connectivity index (χ1v) is 5.85. The Kier molecular flexibility index (Phi) is 2.84. The fourth-order valence-corrected chi connectivity index (χ4v) is 2.34. The summed E-state index contributed by atoms with van der Waals surface area (Å²) < 4.78 is 24.0. The quantitative estimate of drug-likeness (QED) is 0.623. The van der Waals surface area contributed by atoms with Gasteiger partial charge in [0.1, 0.15) is 0 Å². The minimum absolute atomic E-state index is 0.0652. The summed E-state index contributed by atoms with van der Waals surface area (Å²) in [6, 6.07) is 0. The Morgan fingerprint density at radius 2 is 2.17 bits per heavy atom. The van der Waals surface area contributed by atoms with Gasteiger partial charge in [-0.2, -0.15) is 0 Å². The van der Waals surface area contributed by atoms with E-state index in [1.165, 1.54) is 6.08 Å². The molecular formula is C7H6INO2S. The minimum Gasteiger partial charge on any atom is -0.307 e. The van der Waals surface area contributed by atoms with Gasteiger partial charge in [0.15, 0.2) is 0 Å². The van der Waals surface area contributed by atoms with Gasteiger partial charge in [0.25, 0.3) is 0 Å². The summed E-state index contributed by atoms with van der Waals surface area (Å²) in [5.74, 6) is 0. The average molecular weight is 295 g/mol.